The number of alkyl halides is 3. The summed E-state index contributed by atoms with van der Waals surface area (Å²) in [4.78, 5) is 25.2. The van der Waals surface area contributed by atoms with E-state index in [2.05, 4.69) is 0 Å². The van der Waals surface area contributed by atoms with E-state index in [4.69, 9.17) is 9.15 Å². The molecule has 5 nitrogen and oxygen atoms in total. The minimum Gasteiger partial charge on any atom is -0.465 e. The lowest BCUT2D eigenvalue weighted by Gasteiger charge is -2.09. The molecule has 8 heteroatoms. The summed E-state index contributed by atoms with van der Waals surface area (Å²) in [6.45, 7) is 1.56. The maximum absolute atomic E-state index is 12.8. The molecule has 1 saturated carbocycles. The zero-order chi connectivity index (χ0) is 19.8. The quantitative estimate of drug-likeness (QED) is 0.582. The molecule has 3 atom stereocenters. The van der Waals surface area contributed by atoms with Gasteiger partial charge in [-0.2, -0.15) is 18.4 Å². The Hall–Kier alpha value is -3.08. The molecule has 1 aliphatic rings. The number of nitriles is 1. The average molecular weight is 377 g/mol. The Morgan fingerprint density at radius 3 is 2.41 bits per heavy atom. The molecule has 0 radical (unpaired) electrons. The van der Waals surface area contributed by atoms with Crippen LogP contribution >= 0.6 is 0 Å². The van der Waals surface area contributed by atoms with Gasteiger partial charge in [0.2, 0.25) is 5.78 Å². The number of nitrogens with zero attached hydrogens (tertiary/aromatic N) is 1. The number of Topliss-reactive ketones (excluding diaryl/α,β-unsaturated/α-hetero) is 1. The number of ketones is 1. The first kappa shape index (κ1) is 18.7. The van der Waals surface area contributed by atoms with Crippen LogP contribution in [0.25, 0.3) is 0 Å². The number of hydrogen-bond donors (Lipinski definition) is 0. The third-order valence-corrected chi connectivity index (χ3v) is 4.65. The monoisotopic (exact) mass is 377 g/mol. The fourth-order valence-electron chi connectivity index (χ4n) is 3.34. The Balaban J connectivity index is 2.01. The topological polar surface area (TPSA) is 80.3 Å². The van der Waals surface area contributed by atoms with E-state index in [1.807, 2.05) is 6.07 Å². The third-order valence-electron chi connectivity index (χ3n) is 4.65. The number of halogens is 3. The highest BCUT2D eigenvalue weighted by Gasteiger charge is 2.75. The van der Waals surface area contributed by atoms with E-state index in [0.717, 1.165) is 12.1 Å². The maximum atomic E-state index is 12.8. The van der Waals surface area contributed by atoms with E-state index in [9.17, 15) is 28.0 Å². The summed E-state index contributed by atoms with van der Waals surface area (Å²) in [6.07, 6.45) is -3.24. The van der Waals surface area contributed by atoms with Crippen molar-refractivity contribution in [1.29, 1.82) is 5.26 Å². The van der Waals surface area contributed by atoms with E-state index in [-0.39, 0.29) is 17.9 Å². The van der Waals surface area contributed by atoms with E-state index in [0.29, 0.717) is 0 Å². The van der Waals surface area contributed by atoms with Gasteiger partial charge < -0.3 is 9.15 Å². The van der Waals surface area contributed by atoms with Crippen molar-refractivity contribution in [3.05, 3.63) is 59.5 Å². The van der Waals surface area contributed by atoms with Gasteiger partial charge in [-0.15, -0.1) is 0 Å². The number of carbonyl (C=O) groups is 2. The van der Waals surface area contributed by atoms with Crippen molar-refractivity contribution in [2.24, 2.45) is 11.3 Å². The molecule has 1 aliphatic carbocycles. The molecular weight excluding hydrogens is 363 g/mol. The number of rotatable bonds is 5. The van der Waals surface area contributed by atoms with Gasteiger partial charge in [-0.3, -0.25) is 9.59 Å². The van der Waals surface area contributed by atoms with Crippen LogP contribution in [0.3, 0.4) is 0 Å². The summed E-state index contributed by atoms with van der Waals surface area (Å²) in [5.74, 6) is -3.48. The Bertz CT molecular complexity index is 897. The molecule has 1 aromatic heterocycles. The van der Waals surface area contributed by atoms with Crippen molar-refractivity contribution in [2.75, 3.05) is 6.61 Å². The molecule has 0 unspecified atom stereocenters. The van der Waals surface area contributed by atoms with Crippen LogP contribution in [0.1, 0.15) is 34.5 Å². The van der Waals surface area contributed by atoms with Crippen LogP contribution in [0.2, 0.25) is 0 Å². The Labute approximate surface area is 152 Å². The molecule has 1 heterocycles. The molecule has 0 bridgehead atoms. The largest absolute Gasteiger partial charge is 0.465 e. The first-order valence-electron chi connectivity index (χ1n) is 8.10. The molecule has 1 fully saturated rings. The molecule has 2 aromatic rings. The summed E-state index contributed by atoms with van der Waals surface area (Å²) in [7, 11) is 0. The molecule has 3 rings (SSSR count). The zero-order valence-electron chi connectivity index (χ0n) is 14.1. The highest BCUT2D eigenvalue weighted by Crippen LogP contribution is 2.66. The molecule has 140 valence electrons. The number of hydrogen-bond acceptors (Lipinski definition) is 5. The second-order valence-electron chi connectivity index (χ2n) is 6.12. The van der Waals surface area contributed by atoms with Crippen molar-refractivity contribution >= 4 is 11.8 Å². The molecule has 0 aliphatic heterocycles. The summed E-state index contributed by atoms with van der Waals surface area (Å²) >= 11 is 0. The second kappa shape index (κ2) is 6.58. The van der Waals surface area contributed by atoms with Crippen LogP contribution in [-0.2, 0) is 15.7 Å². The van der Waals surface area contributed by atoms with Gasteiger partial charge in [0.25, 0.3) is 0 Å². The van der Waals surface area contributed by atoms with E-state index in [1.54, 1.807) is 6.92 Å². The first-order chi connectivity index (χ1) is 12.8. The van der Waals surface area contributed by atoms with Gasteiger partial charge >= 0.3 is 12.1 Å². The molecule has 1 aromatic carbocycles. The number of benzene rings is 1. The van der Waals surface area contributed by atoms with Gasteiger partial charge in [-0.25, -0.2) is 0 Å². The van der Waals surface area contributed by atoms with Crippen molar-refractivity contribution in [1.82, 2.24) is 0 Å². The van der Waals surface area contributed by atoms with E-state index < -0.39 is 40.7 Å². The Morgan fingerprint density at radius 2 is 1.93 bits per heavy atom. The van der Waals surface area contributed by atoms with Crippen LogP contribution in [0, 0.1) is 22.7 Å². The van der Waals surface area contributed by atoms with E-state index >= 15 is 0 Å². The maximum Gasteiger partial charge on any atom is 0.416 e. The SMILES string of the molecule is CCOC(=O)[C@]1(C#N)[C@H](C(=O)c2ccco2)[C@H]1c1ccc(C(F)(F)F)cc1. The number of carbonyl (C=O) groups excluding carboxylic acids is 2. The van der Waals surface area contributed by atoms with Crippen LogP contribution in [-0.4, -0.2) is 18.4 Å². The number of furan rings is 1. The van der Waals surface area contributed by atoms with Gasteiger partial charge in [-0.05, 0) is 36.8 Å². The highest BCUT2D eigenvalue weighted by atomic mass is 19.4. The molecular formula is C19H14F3NO4. The number of esters is 1. The van der Waals surface area contributed by atoms with Gasteiger partial charge in [0.1, 0.15) is 0 Å². The molecule has 27 heavy (non-hydrogen) atoms. The van der Waals surface area contributed by atoms with Gasteiger partial charge in [0.15, 0.2) is 11.2 Å². The molecule has 0 saturated heterocycles. The van der Waals surface area contributed by atoms with Crippen molar-refractivity contribution in [3.63, 3.8) is 0 Å². The fourth-order valence-corrected chi connectivity index (χ4v) is 3.34. The van der Waals surface area contributed by atoms with Gasteiger partial charge in [0.05, 0.1) is 30.4 Å². The molecule has 0 amide bonds. The fraction of sp³-hybridized carbons (Fsp3) is 0.316. The predicted molar refractivity (Wildman–Crippen MR) is 85.4 cm³/mol. The zero-order valence-corrected chi connectivity index (χ0v) is 14.1. The van der Waals surface area contributed by atoms with Crippen molar-refractivity contribution in [3.8, 4) is 6.07 Å². The van der Waals surface area contributed by atoms with Crippen LogP contribution in [0.4, 0.5) is 13.2 Å². The lowest BCUT2D eigenvalue weighted by Crippen LogP contribution is -2.23. The standard InChI is InChI=1S/C19H14F3NO4/c1-2-26-17(25)18(10-23)14(15(18)16(24)13-4-3-9-27-13)11-5-7-12(8-6-11)19(20,21)22/h3-9,14-15H,2H2,1H3/t14-,15+,18+/m1/s1. The minimum absolute atomic E-state index is 0.00363. The lowest BCUT2D eigenvalue weighted by atomic mass is 9.99. The van der Waals surface area contributed by atoms with Gasteiger partial charge in [0, 0.05) is 5.92 Å². The summed E-state index contributed by atoms with van der Waals surface area (Å²) in [5.41, 5.74) is -2.37. The highest BCUT2D eigenvalue weighted by molar-refractivity contribution is 6.06. The van der Waals surface area contributed by atoms with Crippen molar-refractivity contribution in [2.45, 2.75) is 19.0 Å². The minimum atomic E-state index is -4.51. The molecule has 0 spiro atoms. The number of ether oxygens (including phenoxy) is 1. The molecule has 0 N–H and O–H groups in total. The van der Waals surface area contributed by atoms with E-state index in [1.165, 1.54) is 30.5 Å². The predicted octanol–water partition coefficient (Wildman–Crippen LogP) is 3.97. The van der Waals surface area contributed by atoms with Crippen molar-refractivity contribution < 1.29 is 31.9 Å². The lowest BCUT2D eigenvalue weighted by molar-refractivity contribution is -0.148. The normalized spacial score (nSPS) is 24.1. The van der Waals surface area contributed by atoms with Gasteiger partial charge in [-0.1, -0.05) is 12.1 Å². The first-order valence-corrected chi connectivity index (χ1v) is 8.10. The summed E-state index contributed by atoms with van der Waals surface area (Å²) in [5, 5.41) is 9.67. The summed E-state index contributed by atoms with van der Waals surface area (Å²) in [6, 6.07) is 8.81. The average Bonchev–Trinajstić information content (AvgIpc) is 3.01. The Kier molecular flexibility index (Phi) is 4.56. The third kappa shape index (κ3) is 2.99. The smallest absolute Gasteiger partial charge is 0.416 e. The second-order valence-corrected chi connectivity index (χ2v) is 6.12. The summed E-state index contributed by atoms with van der Waals surface area (Å²) < 4.78 is 48.4. The van der Waals surface area contributed by atoms with Crippen LogP contribution in [0.5, 0.6) is 0 Å². The Morgan fingerprint density at radius 1 is 1.26 bits per heavy atom. The van der Waals surface area contributed by atoms with Crippen LogP contribution < -0.4 is 0 Å². The van der Waals surface area contributed by atoms with Crippen LogP contribution in [0.15, 0.2) is 47.1 Å².